The van der Waals surface area contributed by atoms with Crippen LogP contribution in [0, 0.1) is 49.5 Å². The molecule has 1 heterocycles. The third-order valence-electron chi connectivity index (χ3n) is 6.25. The Labute approximate surface area is 268 Å². The number of aliphatic hydroxyl groups excluding tert-OH is 1. The number of nitrogens with zero attached hydrogens (tertiary/aromatic N) is 1. The normalized spacial score (nSPS) is 17.8. The number of carbonyl (C=O) groups excluding carboxylic acids is 2. The molecule has 2 aromatic carbocycles. The Morgan fingerprint density at radius 2 is 1.87 bits per heavy atom. The standard InChI is InChI=1S/C27H33ClN2O8.Ac/c1-15(26(34)35)29-22(32)12-21-25(33)30(13-27(2,3)14-31)19-10-9-16(28)11-18(19)23(38-21)17-7-6-8-20(36-4)24(17)37-5;/h6-11,15,21,23,31H,12-14H2,1-5H3,(H,29,32)(H,34,35);/t15-,21+,23+;/m0./s1. The van der Waals surface area contributed by atoms with E-state index in [0.717, 1.165) is 0 Å². The Morgan fingerprint density at radius 3 is 2.46 bits per heavy atom. The Bertz CT molecular complexity index is 1210. The summed E-state index contributed by atoms with van der Waals surface area (Å²) in [5.74, 6) is -1.57. The third-order valence-corrected chi connectivity index (χ3v) is 6.49. The van der Waals surface area contributed by atoms with Crippen molar-refractivity contribution in [3.8, 4) is 11.5 Å². The average Bonchev–Trinajstić information content (AvgIpc) is 2.98. The van der Waals surface area contributed by atoms with Gasteiger partial charge in [-0.15, -0.1) is 0 Å². The van der Waals surface area contributed by atoms with Crippen molar-refractivity contribution in [3.05, 3.63) is 52.5 Å². The van der Waals surface area contributed by atoms with E-state index in [1.54, 1.807) is 50.2 Å². The molecule has 3 N–H and O–H groups in total. The van der Waals surface area contributed by atoms with E-state index in [4.69, 9.17) is 25.8 Å². The van der Waals surface area contributed by atoms with E-state index < -0.39 is 47.9 Å². The van der Waals surface area contributed by atoms with Crippen LogP contribution >= 0.6 is 11.6 Å². The Balaban J connectivity index is 0.00000533. The monoisotopic (exact) mass is 775 g/mol. The first-order valence-corrected chi connectivity index (χ1v) is 12.4. The summed E-state index contributed by atoms with van der Waals surface area (Å²) in [6, 6.07) is 9.10. The molecule has 0 saturated carbocycles. The molecule has 1 aliphatic heterocycles. The maximum atomic E-state index is 13.9. The van der Waals surface area contributed by atoms with Gasteiger partial charge in [0, 0.05) is 84.5 Å². The van der Waals surface area contributed by atoms with Gasteiger partial charge in [0.25, 0.3) is 5.91 Å². The number of hydrogen-bond acceptors (Lipinski definition) is 7. The molecule has 10 nitrogen and oxygen atoms in total. The van der Waals surface area contributed by atoms with Crippen LogP contribution in [0.1, 0.15) is 44.4 Å². The first kappa shape index (κ1) is 33.3. The van der Waals surface area contributed by atoms with Crippen molar-refractivity contribution in [1.29, 1.82) is 0 Å². The number of methoxy groups -OCH3 is 2. The molecule has 12 heteroatoms. The van der Waals surface area contributed by atoms with Gasteiger partial charge in [0.2, 0.25) is 5.91 Å². The number of para-hydroxylation sites is 1. The zero-order valence-corrected chi connectivity index (χ0v) is 28.1. The number of aliphatic hydroxyl groups is 1. The minimum atomic E-state index is -1.29. The number of carboxylic acids is 1. The number of nitrogens with one attached hydrogen (secondary N) is 1. The molecule has 3 atom stereocenters. The summed E-state index contributed by atoms with van der Waals surface area (Å²) < 4.78 is 17.5. The minimum absolute atomic E-state index is 0. The number of amides is 2. The van der Waals surface area contributed by atoms with Crippen LogP contribution in [0.4, 0.5) is 5.69 Å². The van der Waals surface area contributed by atoms with Crippen molar-refractivity contribution in [2.24, 2.45) is 5.41 Å². The molecule has 1 radical (unpaired) electrons. The van der Waals surface area contributed by atoms with Gasteiger partial charge in [0.1, 0.15) is 18.2 Å². The van der Waals surface area contributed by atoms with Gasteiger partial charge in [-0.3, -0.25) is 14.4 Å². The molecular formula is C27H33AcClN2O8. The van der Waals surface area contributed by atoms with E-state index in [-0.39, 0.29) is 57.2 Å². The second kappa shape index (κ2) is 14.1. The van der Waals surface area contributed by atoms with Crippen molar-refractivity contribution in [2.75, 3.05) is 32.3 Å². The zero-order chi connectivity index (χ0) is 28.2. The van der Waals surface area contributed by atoms with E-state index in [1.807, 2.05) is 0 Å². The summed E-state index contributed by atoms with van der Waals surface area (Å²) in [5.41, 5.74) is 0.895. The summed E-state index contributed by atoms with van der Waals surface area (Å²) >= 11 is 6.39. The number of halogens is 1. The van der Waals surface area contributed by atoms with E-state index in [1.165, 1.54) is 26.0 Å². The molecule has 0 spiro atoms. The molecule has 2 amide bonds. The Hall–Kier alpha value is -1.90. The third kappa shape index (κ3) is 7.86. The van der Waals surface area contributed by atoms with E-state index >= 15 is 0 Å². The fourth-order valence-corrected chi connectivity index (χ4v) is 4.42. The van der Waals surface area contributed by atoms with Crippen LogP contribution in [0.3, 0.4) is 0 Å². The van der Waals surface area contributed by atoms with Crippen molar-refractivity contribution < 1.29 is 82.9 Å². The van der Waals surface area contributed by atoms with E-state index in [2.05, 4.69) is 5.32 Å². The fraction of sp³-hybridized carbons (Fsp3) is 0.444. The van der Waals surface area contributed by atoms with Gasteiger partial charge in [0.05, 0.1) is 20.6 Å². The van der Waals surface area contributed by atoms with Crippen molar-refractivity contribution in [3.63, 3.8) is 0 Å². The van der Waals surface area contributed by atoms with Gasteiger partial charge >= 0.3 is 5.97 Å². The van der Waals surface area contributed by atoms with Gasteiger partial charge in [-0.05, 0) is 31.2 Å². The van der Waals surface area contributed by atoms with Crippen LogP contribution in [0.15, 0.2) is 36.4 Å². The second-order valence-electron chi connectivity index (χ2n) is 9.87. The number of fused-ring (bicyclic) bond motifs is 1. The Kier molecular flexibility index (Phi) is 12.1. The first-order valence-electron chi connectivity index (χ1n) is 12.0. The van der Waals surface area contributed by atoms with Gasteiger partial charge < -0.3 is 34.6 Å². The van der Waals surface area contributed by atoms with Gasteiger partial charge in [-0.1, -0.05) is 37.6 Å². The number of rotatable bonds is 10. The van der Waals surface area contributed by atoms with Crippen LogP contribution in [0.2, 0.25) is 5.02 Å². The average molecular weight is 776 g/mol. The summed E-state index contributed by atoms with van der Waals surface area (Å²) in [6.45, 7) is 4.86. The van der Waals surface area contributed by atoms with Crippen molar-refractivity contribution in [1.82, 2.24) is 5.32 Å². The quantitative estimate of drug-likeness (QED) is 0.336. The predicted molar refractivity (Wildman–Crippen MR) is 141 cm³/mol. The van der Waals surface area contributed by atoms with Gasteiger partial charge in [-0.2, -0.15) is 0 Å². The number of carboxylic acid groups (broad SMARTS) is 1. The van der Waals surface area contributed by atoms with Crippen LogP contribution in [-0.2, 0) is 19.1 Å². The summed E-state index contributed by atoms with van der Waals surface area (Å²) in [4.78, 5) is 39.5. The zero-order valence-electron chi connectivity index (χ0n) is 22.6. The smallest absolute Gasteiger partial charge is 0.325 e. The molecule has 0 aromatic heterocycles. The van der Waals surface area contributed by atoms with Gasteiger partial charge in [0.15, 0.2) is 11.5 Å². The molecule has 0 unspecified atom stereocenters. The number of benzene rings is 2. The number of aliphatic carboxylic acids is 1. The van der Waals surface area contributed by atoms with Crippen LogP contribution in [-0.4, -0.2) is 67.5 Å². The number of anilines is 1. The van der Waals surface area contributed by atoms with Crippen molar-refractivity contribution in [2.45, 2.75) is 45.4 Å². The molecule has 0 saturated heterocycles. The SMILES string of the molecule is COc1cccc([C@H]2O[C@H](CC(=O)N[C@@H](C)C(=O)O)C(=O)N(CC(C)(C)CO)c3ccc(Cl)cc32)c1OC.[Ac]. The molecule has 1 aliphatic rings. The number of ether oxygens (including phenoxy) is 3. The molecule has 0 bridgehead atoms. The van der Waals surface area contributed by atoms with E-state index in [0.29, 0.717) is 33.3 Å². The topological polar surface area (TPSA) is 135 Å². The molecule has 39 heavy (non-hydrogen) atoms. The fourth-order valence-electron chi connectivity index (χ4n) is 4.24. The molecule has 3 rings (SSSR count). The maximum absolute atomic E-state index is 13.9. The van der Waals surface area contributed by atoms with Gasteiger partial charge in [-0.25, -0.2) is 0 Å². The minimum Gasteiger partial charge on any atom is -0.493 e. The van der Waals surface area contributed by atoms with Crippen LogP contribution < -0.4 is 19.7 Å². The second-order valence-corrected chi connectivity index (χ2v) is 10.3. The summed E-state index contributed by atoms with van der Waals surface area (Å²) in [7, 11) is 2.98. The number of carbonyl (C=O) groups is 3. The van der Waals surface area contributed by atoms with Crippen LogP contribution in [0.25, 0.3) is 0 Å². The molecule has 0 aliphatic carbocycles. The Morgan fingerprint density at radius 1 is 1.18 bits per heavy atom. The van der Waals surface area contributed by atoms with E-state index in [9.17, 15) is 24.6 Å². The number of hydrogen-bond donors (Lipinski definition) is 3. The molecule has 209 valence electrons. The first-order chi connectivity index (χ1) is 17.9. The largest absolute Gasteiger partial charge is 0.493 e. The molecular weight excluding hydrogens is 743 g/mol. The van der Waals surface area contributed by atoms with Crippen LogP contribution in [0.5, 0.6) is 11.5 Å². The maximum Gasteiger partial charge on any atom is 0.325 e. The molecule has 2 aromatic rings. The summed E-state index contributed by atoms with van der Waals surface area (Å²) in [5, 5.41) is 21.9. The molecule has 0 fully saturated rings. The summed E-state index contributed by atoms with van der Waals surface area (Å²) in [6.07, 6.45) is -2.64. The van der Waals surface area contributed by atoms with Crippen molar-refractivity contribution >= 4 is 35.1 Å². The predicted octanol–water partition coefficient (Wildman–Crippen LogP) is 3.18.